The molecule has 3 aromatic rings. The van der Waals surface area contributed by atoms with Crippen LogP contribution in [-0.4, -0.2) is 5.16 Å². The van der Waals surface area contributed by atoms with E-state index in [-0.39, 0.29) is 11.3 Å². The average molecular weight is 389 g/mol. The molecule has 0 N–H and O–H groups in total. The predicted octanol–water partition coefficient (Wildman–Crippen LogP) is 6.72. The Morgan fingerprint density at radius 1 is 0.857 bits per heavy atom. The van der Waals surface area contributed by atoms with Crippen molar-refractivity contribution < 1.29 is 8.78 Å². The monoisotopic (exact) mass is 389 g/mol. The molecular weight excluding hydrogens is 372 g/mol. The number of aliphatic imine (C=N–C) groups is 1. The molecule has 138 valence electrons. The van der Waals surface area contributed by atoms with E-state index in [4.69, 9.17) is 0 Å². The van der Waals surface area contributed by atoms with E-state index in [1.165, 1.54) is 5.56 Å². The lowest BCUT2D eigenvalue weighted by molar-refractivity contribution is 0.590. The Balaban J connectivity index is 1.82. The summed E-state index contributed by atoms with van der Waals surface area (Å²) in [5, 5.41) is 2.10. The summed E-state index contributed by atoms with van der Waals surface area (Å²) in [4.78, 5) is 3.61. The summed E-state index contributed by atoms with van der Waals surface area (Å²) >= 11 is 4.46. The normalized spacial score (nSPS) is 9.96. The van der Waals surface area contributed by atoms with Crippen LogP contribution in [0.5, 0.6) is 0 Å². The van der Waals surface area contributed by atoms with E-state index in [0.29, 0.717) is 5.56 Å². The highest BCUT2D eigenvalue weighted by molar-refractivity contribution is 7.78. The fourth-order valence-electron chi connectivity index (χ4n) is 2.86. The second-order valence-corrected chi connectivity index (χ2v) is 6.44. The van der Waals surface area contributed by atoms with Crippen molar-refractivity contribution in [3.8, 4) is 23.0 Å². The van der Waals surface area contributed by atoms with E-state index in [0.717, 1.165) is 36.1 Å². The molecule has 0 saturated carbocycles. The summed E-state index contributed by atoms with van der Waals surface area (Å²) in [6.07, 6.45) is 2.17. The number of thiocarbonyl (C=S) groups is 1. The number of isothiocyanates is 1. The molecule has 0 aliphatic rings. The number of aryl methyl sites for hydroxylation is 1. The number of rotatable bonds is 4. The fraction of sp³-hybridized carbons (Fsp3) is 0.125. The van der Waals surface area contributed by atoms with Crippen LogP contribution in [0.4, 0.5) is 14.5 Å². The van der Waals surface area contributed by atoms with Gasteiger partial charge in [0.15, 0.2) is 0 Å². The molecule has 4 heteroatoms. The molecule has 3 aromatic carbocycles. The molecule has 0 aliphatic heterocycles. The fourth-order valence-corrected chi connectivity index (χ4v) is 2.97. The third-order valence-corrected chi connectivity index (χ3v) is 4.31. The standard InChI is InChI=1S/C24H17F2NS/c1-2-3-17-4-6-18(7-5-17)8-9-19-10-12-20(13-11-19)24-22(25)14-21(27-16-28)15-23(24)26/h4-7,10-15H,2-3H2,1H3. The van der Waals surface area contributed by atoms with Gasteiger partial charge in [-0.1, -0.05) is 49.5 Å². The van der Waals surface area contributed by atoms with Gasteiger partial charge in [0.1, 0.15) is 11.6 Å². The van der Waals surface area contributed by atoms with Crippen LogP contribution in [0.25, 0.3) is 11.1 Å². The molecule has 1 nitrogen and oxygen atoms in total. The number of benzene rings is 3. The highest BCUT2D eigenvalue weighted by atomic mass is 32.1. The molecule has 0 amide bonds. The molecule has 0 saturated heterocycles. The topological polar surface area (TPSA) is 12.4 Å². The molecule has 0 bridgehead atoms. The van der Waals surface area contributed by atoms with E-state index in [2.05, 4.69) is 53.3 Å². The predicted molar refractivity (Wildman–Crippen MR) is 113 cm³/mol. The number of nitrogens with zero attached hydrogens (tertiary/aromatic N) is 1. The Hall–Kier alpha value is -3.12. The second-order valence-electron chi connectivity index (χ2n) is 6.26. The quantitative estimate of drug-likeness (QED) is 0.274. The summed E-state index contributed by atoms with van der Waals surface area (Å²) in [5.74, 6) is 4.78. The van der Waals surface area contributed by atoms with Crippen LogP contribution >= 0.6 is 12.2 Å². The van der Waals surface area contributed by atoms with E-state index < -0.39 is 11.6 Å². The van der Waals surface area contributed by atoms with Crippen LogP contribution in [-0.2, 0) is 6.42 Å². The Kier molecular flexibility index (Phi) is 6.45. The van der Waals surface area contributed by atoms with Crippen LogP contribution < -0.4 is 0 Å². The van der Waals surface area contributed by atoms with Crippen LogP contribution in [0.3, 0.4) is 0 Å². The van der Waals surface area contributed by atoms with E-state index >= 15 is 0 Å². The first-order valence-electron chi connectivity index (χ1n) is 8.89. The highest BCUT2D eigenvalue weighted by Gasteiger charge is 2.13. The van der Waals surface area contributed by atoms with Crippen LogP contribution in [0.1, 0.15) is 30.0 Å². The van der Waals surface area contributed by atoms with Gasteiger partial charge in [-0.05, 0) is 54.0 Å². The van der Waals surface area contributed by atoms with Gasteiger partial charge in [-0.2, -0.15) is 4.99 Å². The lowest BCUT2D eigenvalue weighted by Gasteiger charge is -2.06. The first-order chi connectivity index (χ1) is 13.6. The molecule has 0 atom stereocenters. The smallest absolute Gasteiger partial charge is 0.136 e. The average Bonchev–Trinajstić information content (AvgIpc) is 2.68. The van der Waals surface area contributed by atoms with Crippen molar-refractivity contribution in [1.82, 2.24) is 0 Å². The van der Waals surface area contributed by atoms with Gasteiger partial charge in [0.2, 0.25) is 0 Å². The zero-order chi connectivity index (χ0) is 19.9. The molecular formula is C24H17F2NS. The minimum Gasteiger partial charge on any atom is -0.206 e. The maximum atomic E-state index is 14.3. The SMILES string of the molecule is CCCc1ccc(C#Cc2ccc(-c3c(F)cc(N=C=S)cc3F)cc2)cc1. The van der Waals surface area contributed by atoms with Gasteiger partial charge >= 0.3 is 0 Å². The first-order valence-corrected chi connectivity index (χ1v) is 9.30. The molecule has 0 unspecified atom stereocenters. The Morgan fingerprint density at radius 2 is 1.39 bits per heavy atom. The van der Waals surface area contributed by atoms with Gasteiger partial charge < -0.3 is 0 Å². The molecule has 0 aromatic heterocycles. The number of hydrogen-bond acceptors (Lipinski definition) is 2. The van der Waals surface area contributed by atoms with E-state index in [1.54, 1.807) is 24.3 Å². The number of halogens is 2. The van der Waals surface area contributed by atoms with Gasteiger partial charge in [-0.3, -0.25) is 0 Å². The Bertz CT molecular complexity index is 1060. The van der Waals surface area contributed by atoms with Crippen molar-refractivity contribution in [1.29, 1.82) is 0 Å². The maximum Gasteiger partial charge on any atom is 0.136 e. The van der Waals surface area contributed by atoms with Crippen molar-refractivity contribution in [3.05, 3.63) is 89.0 Å². The lowest BCUT2D eigenvalue weighted by atomic mass is 10.0. The Morgan fingerprint density at radius 3 is 1.89 bits per heavy atom. The van der Waals surface area contributed by atoms with Crippen LogP contribution in [0, 0.1) is 23.5 Å². The lowest BCUT2D eigenvalue weighted by Crippen LogP contribution is -1.90. The summed E-state index contributed by atoms with van der Waals surface area (Å²) in [5.41, 5.74) is 3.42. The molecule has 0 radical (unpaired) electrons. The zero-order valence-corrected chi connectivity index (χ0v) is 16.1. The largest absolute Gasteiger partial charge is 0.206 e. The second kappa shape index (κ2) is 9.19. The van der Waals surface area contributed by atoms with Crippen LogP contribution in [0.15, 0.2) is 65.7 Å². The van der Waals surface area contributed by atoms with Crippen molar-refractivity contribution in [2.24, 2.45) is 4.99 Å². The minimum atomic E-state index is -0.699. The third-order valence-electron chi connectivity index (χ3n) is 4.22. The van der Waals surface area contributed by atoms with Crippen molar-refractivity contribution in [2.75, 3.05) is 0 Å². The van der Waals surface area contributed by atoms with E-state index in [9.17, 15) is 8.78 Å². The van der Waals surface area contributed by atoms with Gasteiger partial charge in [0, 0.05) is 23.3 Å². The Labute approximate surface area is 168 Å². The highest BCUT2D eigenvalue weighted by Crippen LogP contribution is 2.30. The van der Waals surface area contributed by atoms with Crippen molar-refractivity contribution in [3.63, 3.8) is 0 Å². The van der Waals surface area contributed by atoms with E-state index in [1.807, 2.05) is 12.1 Å². The van der Waals surface area contributed by atoms with Gasteiger partial charge in [-0.25, -0.2) is 8.78 Å². The van der Waals surface area contributed by atoms with Crippen LogP contribution in [0.2, 0.25) is 0 Å². The van der Waals surface area contributed by atoms with Crippen molar-refractivity contribution in [2.45, 2.75) is 19.8 Å². The molecule has 0 spiro atoms. The first kappa shape index (κ1) is 19.6. The molecule has 3 rings (SSSR count). The van der Waals surface area contributed by atoms with Gasteiger partial charge in [0.25, 0.3) is 0 Å². The summed E-state index contributed by atoms with van der Waals surface area (Å²) in [6, 6.07) is 17.2. The summed E-state index contributed by atoms with van der Waals surface area (Å²) in [7, 11) is 0. The maximum absolute atomic E-state index is 14.3. The van der Waals surface area contributed by atoms with Gasteiger partial charge in [-0.15, -0.1) is 0 Å². The summed E-state index contributed by atoms with van der Waals surface area (Å²) in [6.45, 7) is 2.15. The minimum absolute atomic E-state index is 0.0983. The molecule has 28 heavy (non-hydrogen) atoms. The van der Waals surface area contributed by atoms with Gasteiger partial charge in [0.05, 0.1) is 16.4 Å². The molecule has 0 aliphatic carbocycles. The molecule has 0 heterocycles. The zero-order valence-electron chi connectivity index (χ0n) is 15.3. The van der Waals surface area contributed by atoms with Crippen molar-refractivity contribution >= 4 is 23.1 Å². The third kappa shape index (κ3) is 4.78. The summed E-state index contributed by atoms with van der Waals surface area (Å²) < 4.78 is 28.6. The molecule has 0 fully saturated rings. The number of hydrogen-bond donors (Lipinski definition) is 0.